The van der Waals surface area contributed by atoms with E-state index in [2.05, 4.69) is 16.4 Å². The summed E-state index contributed by atoms with van der Waals surface area (Å²) < 4.78 is 6.62. The molecule has 0 unspecified atom stereocenters. The normalized spacial score (nSPS) is 13.2. The van der Waals surface area contributed by atoms with Crippen LogP contribution in [0.3, 0.4) is 0 Å². The Bertz CT molecular complexity index is 897. The first-order valence-electron chi connectivity index (χ1n) is 7.84. The van der Waals surface area contributed by atoms with Crippen molar-refractivity contribution >= 4 is 33.5 Å². The molecule has 0 aliphatic carbocycles. The van der Waals surface area contributed by atoms with Crippen molar-refractivity contribution in [1.29, 1.82) is 0 Å². The lowest BCUT2D eigenvalue weighted by Gasteiger charge is -2.00. The molecule has 1 aliphatic heterocycles. The monoisotopic (exact) mass is 336 g/mol. The molecular formula is C19H16N2O2S. The van der Waals surface area contributed by atoms with Crippen molar-refractivity contribution in [3.63, 3.8) is 0 Å². The molecule has 1 N–H and O–H groups in total. The van der Waals surface area contributed by atoms with E-state index < -0.39 is 0 Å². The number of fused-ring (bicyclic) bond motifs is 2. The van der Waals surface area contributed by atoms with Gasteiger partial charge in [-0.25, -0.2) is 4.98 Å². The van der Waals surface area contributed by atoms with E-state index in [1.165, 1.54) is 5.56 Å². The highest BCUT2D eigenvalue weighted by atomic mass is 32.1. The second-order valence-electron chi connectivity index (χ2n) is 5.59. The highest BCUT2D eigenvalue weighted by Gasteiger charge is 2.11. The van der Waals surface area contributed by atoms with Gasteiger partial charge in [-0.15, -0.1) is 11.3 Å². The van der Waals surface area contributed by atoms with Crippen LogP contribution in [0.4, 0.5) is 0 Å². The van der Waals surface area contributed by atoms with Gasteiger partial charge in [-0.2, -0.15) is 0 Å². The quantitative estimate of drug-likeness (QED) is 0.741. The van der Waals surface area contributed by atoms with Crippen LogP contribution in [0.2, 0.25) is 0 Å². The van der Waals surface area contributed by atoms with Crippen LogP contribution in [0, 0.1) is 0 Å². The summed E-state index contributed by atoms with van der Waals surface area (Å²) in [6.45, 7) is 1.19. The van der Waals surface area contributed by atoms with Crippen LogP contribution in [0.1, 0.15) is 16.1 Å². The highest BCUT2D eigenvalue weighted by molar-refractivity contribution is 7.18. The summed E-state index contributed by atoms with van der Waals surface area (Å²) in [5.74, 6) is 0.832. The Hall–Kier alpha value is -2.66. The number of amides is 1. The van der Waals surface area contributed by atoms with Gasteiger partial charge in [-0.05, 0) is 41.5 Å². The minimum atomic E-state index is -0.119. The van der Waals surface area contributed by atoms with E-state index in [0.29, 0.717) is 6.54 Å². The number of carbonyl (C=O) groups excluding carboxylic acids is 1. The summed E-state index contributed by atoms with van der Waals surface area (Å²) in [5.41, 5.74) is 3.18. The fourth-order valence-electron chi connectivity index (χ4n) is 2.70. The van der Waals surface area contributed by atoms with Gasteiger partial charge in [0.1, 0.15) is 10.8 Å². The SMILES string of the molecule is O=C(/C=C/c1ccc2c(c1)CCO2)NCc1nc2ccccc2s1. The third-order valence-corrected chi connectivity index (χ3v) is 4.93. The summed E-state index contributed by atoms with van der Waals surface area (Å²) in [6.07, 6.45) is 4.32. The molecule has 1 amide bonds. The van der Waals surface area contributed by atoms with Crippen molar-refractivity contribution in [3.8, 4) is 5.75 Å². The van der Waals surface area contributed by atoms with E-state index in [-0.39, 0.29) is 5.91 Å². The molecule has 1 aliphatic rings. The van der Waals surface area contributed by atoms with E-state index in [0.717, 1.165) is 39.6 Å². The third kappa shape index (κ3) is 3.16. The van der Waals surface area contributed by atoms with Gasteiger partial charge in [0.15, 0.2) is 0 Å². The van der Waals surface area contributed by atoms with Gasteiger partial charge < -0.3 is 10.1 Å². The molecular weight excluding hydrogens is 320 g/mol. The van der Waals surface area contributed by atoms with Gasteiger partial charge in [0.25, 0.3) is 0 Å². The second-order valence-corrected chi connectivity index (χ2v) is 6.71. The molecule has 0 saturated carbocycles. The molecule has 120 valence electrons. The molecule has 4 rings (SSSR count). The predicted molar refractivity (Wildman–Crippen MR) is 96.1 cm³/mol. The Morgan fingerprint density at radius 3 is 3.12 bits per heavy atom. The van der Waals surface area contributed by atoms with Gasteiger partial charge in [0, 0.05) is 12.5 Å². The maximum atomic E-state index is 12.0. The third-order valence-electron chi connectivity index (χ3n) is 3.89. The maximum Gasteiger partial charge on any atom is 0.244 e. The minimum absolute atomic E-state index is 0.119. The number of aromatic nitrogens is 1. The number of para-hydroxylation sites is 1. The van der Waals surface area contributed by atoms with Gasteiger partial charge in [0.2, 0.25) is 5.91 Å². The summed E-state index contributed by atoms with van der Waals surface area (Å²) in [5, 5.41) is 3.79. The Kier molecular flexibility index (Phi) is 4.01. The molecule has 0 radical (unpaired) electrons. The van der Waals surface area contributed by atoms with Crippen molar-refractivity contribution in [2.45, 2.75) is 13.0 Å². The summed E-state index contributed by atoms with van der Waals surface area (Å²) in [7, 11) is 0. The Morgan fingerprint density at radius 1 is 1.29 bits per heavy atom. The Labute approximate surface area is 143 Å². The van der Waals surface area contributed by atoms with Crippen LogP contribution in [0.25, 0.3) is 16.3 Å². The van der Waals surface area contributed by atoms with Crippen LogP contribution in [0.5, 0.6) is 5.75 Å². The number of hydrogen-bond donors (Lipinski definition) is 1. The smallest absolute Gasteiger partial charge is 0.244 e. The zero-order valence-electron chi connectivity index (χ0n) is 13.0. The fourth-order valence-corrected chi connectivity index (χ4v) is 3.61. The van der Waals surface area contributed by atoms with Crippen molar-refractivity contribution in [2.75, 3.05) is 6.61 Å². The molecule has 5 heteroatoms. The van der Waals surface area contributed by atoms with Crippen molar-refractivity contribution in [3.05, 3.63) is 64.7 Å². The first kappa shape index (κ1) is 14.9. The fraction of sp³-hybridized carbons (Fsp3) is 0.158. The van der Waals surface area contributed by atoms with Gasteiger partial charge in [-0.1, -0.05) is 18.2 Å². The van der Waals surface area contributed by atoms with Crippen LogP contribution in [-0.2, 0) is 17.8 Å². The predicted octanol–water partition coefficient (Wildman–Crippen LogP) is 3.56. The molecule has 2 heterocycles. The van der Waals surface area contributed by atoms with E-state index in [4.69, 9.17) is 4.74 Å². The number of carbonyl (C=O) groups is 1. The Balaban J connectivity index is 1.37. The summed E-state index contributed by atoms with van der Waals surface area (Å²) >= 11 is 1.60. The van der Waals surface area contributed by atoms with Gasteiger partial charge >= 0.3 is 0 Å². The molecule has 0 bridgehead atoms. The number of thiazole rings is 1. The number of rotatable bonds is 4. The molecule has 24 heavy (non-hydrogen) atoms. The average molecular weight is 336 g/mol. The first-order valence-corrected chi connectivity index (χ1v) is 8.66. The van der Waals surface area contributed by atoms with Gasteiger partial charge in [0.05, 0.1) is 23.4 Å². The molecule has 0 atom stereocenters. The lowest BCUT2D eigenvalue weighted by atomic mass is 10.1. The van der Waals surface area contributed by atoms with E-state index in [1.807, 2.05) is 42.5 Å². The number of ether oxygens (including phenoxy) is 1. The minimum Gasteiger partial charge on any atom is -0.493 e. The van der Waals surface area contributed by atoms with E-state index in [1.54, 1.807) is 17.4 Å². The number of benzene rings is 2. The van der Waals surface area contributed by atoms with Crippen molar-refractivity contribution < 1.29 is 9.53 Å². The average Bonchev–Trinajstić information content (AvgIpc) is 3.23. The van der Waals surface area contributed by atoms with Crippen LogP contribution in [-0.4, -0.2) is 17.5 Å². The van der Waals surface area contributed by atoms with E-state index in [9.17, 15) is 4.79 Å². The number of nitrogens with zero attached hydrogens (tertiary/aromatic N) is 1. The lowest BCUT2D eigenvalue weighted by Crippen LogP contribution is -2.20. The van der Waals surface area contributed by atoms with Gasteiger partial charge in [-0.3, -0.25) is 4.79 Å². The maximum absolute atomic E-state index is 12.0. The number of hydrogen-bond acceptors (Lipinski definition) is 4. The Morgan fingerprint density at radius 2 is 2.21 bits per heavy atom. The second kappa shape index (κ2) is 6.45. The zero-order valence-corrected chi connectivity index (χ0v) is 13.8. The molecule has 4 nitrogen and oxygen atoms in total. The molecule has 0 saturated heterocycles. The van der Waals surface area contributed by atoms with Crippen molar-refractivity contribution in [2.24, 2.45) is 0 Å². The standard InChI is InChI=1S/C19H16N2O2S/c22-18(8-6-13-5-7-16-14(11-13)9-10-23-16)20-12-19-21-15-3-1-2-4-17(15)24-19/h1-8,11H,9-10,12H2,(H,20,22)/b8-6+. The van der Waals surface area contributed by atoms with Crippen molar-refractivity contribution in [1.82, 2.24) is 10.3 Å². The van der Waals surface area contributed by atoms with Crippen LogP contribution < -0.4 is 10.1 Å². The molecule has 1 aromatic heterocycles. The summed E-state index contributed by atoms with van der Waals surface area (Å²) in [6, 6.07) is 14.0. The lowest BCUT2D eigenvalue weighted by molar-refractivity contribution is -0.116. The zero-order chi connectivity index (χ0) is 16.4. The van der Waals surface area contributed by atoms with E-state index >= 15 is 0 Å². The molecule has 2 aromatic carbocycles. The molecule has 0 fully saturated rings. The van der Waals surface area contributed by atoms with Crippen LogP contribution >= 0.6 is 11.3 Å². The van der Waals surface area contributed by atoms with Crippen LogP contribution in [0.15, 0.2) is 48.5 Å². The number of nitrogens with one attached hydrogen (secondary N) is 1. The topological polar surface area (TPSA) is 51.2 Å². The highest BCUT2D eigenvalue weighted by Crippen LogP contribution is 2.26. The largest absolute Gasteiger partial charge is 0.493 e. The first-order chi connectivity index (χ1) is 11.8. The summed E-state index contributed by atoms with van der Waals surface area (Å²) in [4.78, 5) is 16.5. The molecule has 3 aromatic rings. The molecule has 0 spiro atoms.